The van der Waals surface area contributed by atoms with Crippen molar-refractivity contribution in [2.45, 2.75) is 6.92 Å². The molecule has 4 aromatic carbocycles. The standard InChI is InChI=1S/C12H8N4O4.C8H8N2O4.C8H4N2O4.C8H7NO4.C6H6N2O.HNO2.Na/c13-4-8-5-15-16(10(8)14)9-2-6(11(17)18)1-7(3-9)12(19)20;2*9-10-6-2-4(7(11)12)1-5(3-6)8(13)14;9-6-2-4(7(10)11)1-5(3-6)8(12)13;1-4-9-5-6(7-2)8-3;2-1-3;/h1-3,5H,14H2,(H,17,18)(H,19,20);1-3,10H,9H2,(H,11,12)(H,13,14);1-3H,(H-,11,12,13,14);1-3H,9H2,(H,10,11)(H,12,13);5H,4H2,1H3;(H,2,3);/q;;;;;;+1. The van der Waals surface area contributed by atoms with Crippen LogP contribution >= 0.6 is 0 Å². The van der Waals surface area contributed by atoms with Gasteiger partial charge in [-0.1, -0.05) is 0 Å². The molecule has 376 valence electrons. The van der Waals surface area contributed by atoms with Crippen LogP contribution in [0.4, 0.5) is 22.9 Å². The van der Waals surface area contributed by atoms with E-state index in [0.717, 1.165) is 46.4 Å². The molecule has 0 saturated heterocycles. The van der Waals surface area contributed by atoms with Gasteiger partial charge in [-0.3, -0.25) is 5.84 Å². The van der Waals surface area contributed by atoms with E-state index in [-0.39, 0.29) is 114 Å². The number of benzene rings is 4. The molecule has 0 aliphatic heterocycles. The first-order valence-corrected chi connectivity index (χ1v) is 18.6. The summed E-state index contributed by atoms with van der Waals surface area (Å²) >= 11 is 0. The predicted molar refractivity (Wildman–Crippen MR) is 247 cm³/mol. The molecule has 74 heavy (non-hydrogen) atoms. The minimum Gasteiger partial charge on any atom is -0.505 e. The van der Waals surface area contributed by atoms with Gasteiger partial charge in [0.25, 0.3) is 0 Å². The fraction of sp³-hybridized carbons (Fsp3) is 0.0476. The van der Waals surface area contributed by atoms with Gasteiger partial charge in [0.2, 0.25) is 5.39 Å². The summed E-state index contributed by atoms with van der Waals surface area (Å²) in [7, 11) is 0. The fourth-order valence-corrected chi connectivity index (χ4v) is 4.64. The van der Waals surface area contributed by atoms with Crippen LogP contribution in [0.2, 0.25) is 0 Å². The molecule has 0 aliphatic carbocycles. The van der Waals surface area contributed by atoms with Crippen molar-refractivity contribution in [1.82, 2.24) is 9.78 Å². The van der Waals surface area contributed by atoms with Crippen molar-refractivity contribution < 1.29 is 114 Å². The number of rotatable bonds is 12. The van der Waals surface area contributed by atoms with Crippen molar-refractivity contribution in [3.63, 3.8) is 0 Å². The number of nitrogens with two attached hydrogens (primary N) is 3. The summed E-state index contributed by atoms with van der Waals surface area (Å²) in [6.07, 6.45) is 2.38. The molecule has 15 N–H and O–H groups in total. The second-order valence-corrected chi connectivity index (χ2v) is 12.6. The number of nitrogens with zero attached hydrogens (tertiary/aromatic N) is 8. The maximum atomic E-state index is 11.0. The van der Waals surface area contributed by atoms with E-state index in [1.165, 1.54) is 48.9 Å². The summed E-state index contributed by atoms with van der Waals surface area (Å²) in [6.45, 7) is 15.1. The normalized spacial score (nSPS) is 8.84. The van der Waals surface area contributed by atoms with E-state index >= 15 is 0 Å². The molecule has 32 heteroatoms. The van der Waals surface area contributed by atoms with Gasteiger partial charge in [-0.05, 0) is 67.6 Å². The SMILES string of the molecule is N#Cc1cnn(-c2cc(C(=O)O)cc(C(=O)O)c2)c1N.N#[N+]c1cc(C(=O)O)cc(C(=O)O)c1.NNc1cc(C(=O)O)cc(C(=O)O)c1.Nc1cc(C(=O)O)cc(C(=O)O)c1.O=N[O-].[C-]#[N+]C(=COCC)[N+]#[C-].[Na+]. The number of hydrazine groups is 1. The van der Waals surface area contributed by atoms with Gasteiger partial charge in [-0.25, -0.2) is 43.0 Å². The number of nitrogens with one attached hydrogen (secondary N) is 1. The van der Waals surface area contributed by atoms with Crippen molar-refractivity contribution in [3.05, 3.63) is 179 Å². The first-order valence-electron chi connectivity index (χ1n) is 18.6. The number of carbonyl (C=O) groups is 8. The zero-order chi connectivity index (χ0) is 56.1. The van der Waals surface area contributed by atoms with Gasteiger partial charge in [-0.15, -0.1) is 5.34 Å². The van der Waals surface area contributed by atoms with Gasteiger partial charge in [0.05, 0.1) is 68.7 Å². The van der Waals surface area contributed by atoms with Crippen LogP contribution in [0.5, 0.6) is 0 Å². The Labute approximate surface area is 435 Å². The van der Waals surface area contributed by atoms with Crippen LogP contribution in [0, 0.1) is 40.0 Å². The number of nitrogen functional groups attached to an aromatic ring is 3. The molecular weight excluding hydrogens is 1000 g/mol. The topological polar surface area (TPSA) is 529 Å². The second kappa shape index (κ2) is 32.7. The van der Waals surface area contributed by atoms with Gasteiger partial charge >= 0.3 is 88.8 Å². The van der Waals surface area contributed by atoms with E-state index in [9.17, 15) is 38.4 Å². The Balaban J connectivity index is 0. The number of aromatic carboxylic acids is 8. The quantitative estimate of drug-likeness (QED) is 0.0125. The summed E-state index contributed by atoms with van der Waals surface area (Å²) < 4.78 is 5.80. The third-order valence-electron chi connectivity index (χ3n) is 7.74. The van der Waals surface area contributed by atoms with Crippen LogP contribution < -0.4 is 52.3 Å². The zero-order valence-corrected chi connectivity index (χ0v) is 39.7. The molecule has 31 nitrogen and oxygen atoms in total. The van der Waals surface area contributed by atoms with E-state index in [2.05, 4.69) is 29.9 Å². The van der Waals surface area contributed by atoms with E-state index in [1.54, 1.807) is 6.92 Å². The number of ether oxygens (including phenoxy) is 1. The van der Waals surface area contributed by atoms with Crippen molar-refractivity contribution >= 4 is 70.6 Å². The molecular formula is C42H34N12NaO19+. The van der Waals surface area contributed by atoms with Crippen molar-refractivity contribution in [1.29, 1.82) is 10.7 Å². The smallest absolute Gasteiger partial charge is 0.505 e. The van der Waals surface area contributed by atoms with Gasteiger partial charge in [0.15, 0.2) is 11.2 Å². The van der Waals surface area contributed by atoms with Crippen LogP contribution in [-0.4, -0.2) is 105 Å². The number of hydrogen-bond donors (Lipinski definition) is 12. The third kappa shape index (κ3) is 22.0. The maximum absolute atomic E-state index is 11.0. The van der Waals surface area contributed by atoms with E-state index < -0.39 is 47.8 Å². The van der Waals surface area contributed by atoms with Crippen molar-refractivity contribution in [2.24, 2.45) is 11.2 Å². The molecule has 1 heterocycles. The van der Waals surface area contributed by atoms with E-state index in [1.807, 2.05) is 6.07 Å². The van der Waals surface area contributed by atoms with Crippen molar-refractivity contribution in [2.75, 3.05) is 23.5 Å². The molecule has 0 unspecified atom stereocenters. The molecule has 0 atom stereocenters. The number of aromatic nitrogens is 2. The zero-order valence-electron chi connectivity index (χ0n) is 37.7. The number of nitriles is 1. The molecule has 0 fully saturated rings. The molecule has 0 spiro atoms. The number of carboxylic acid groups (broad SMARTS) is 8. The number of carboxylic acids is 8. The van der Waals surface area contributed by atoms with Crippen LogP contribution in [0.15, 0.2) is 96.4 Å². The monoisotopic (exact) mass is 1030 g/mol. The van der Waals surface area contributed by atoms with Crippen LogP contribution in [0.3, 0.4) is 0 Å². The minimum absolute atomic E-state index is 0. The average Bonchev–Trinajstić information content (AvgIpc) is 3.74. The summed E-state index contributed by atoms with van der Waals surface area (Å²) in [4.78, 5) is 102. The molecule has 5 rings (SSSR count). The first kappa shape index (κ1) is 65.1. The minimum atomic E-state index is -1.28. The van der Waals surface area contributed by atoms with Gasteiger partial charge in [0, 0.05) is 17.8 Å². The molecule has 0 amide bonds. The largest absolute Gasteiger partial charge is 1.00 e. The Bertz CT molecular complexity index is 2990. The number of hydrogen-bond acceptors (Lipinski definition) is 19. The Kier molecular flexibility index (Phi) is 28.8. The molecule has 0 saturated carbocycles. The Morgan fingerprint density at radius 2 is 1.01 bits per heavy atom. The van der Waals surface area contributed by atoms with Gasteiger partial charge < -0.3 is 72.6 Å². The number of diazo groups is 1. The summed E-state index contributed by atoms with van der Waals surface area (Å²) in [5, 5.41) is 99.6. The summed E-state index contributed by atoms with van der Waals surface area (Å²) in [5.74, 6) is -4.89. The van der Waals surface area contributed by atoms with Crippen LogP contribution in [-0.2, 0) is 4.74 Å². The second-order valence-electron chi connectivity index (χ2n) is 12.6. The third-order valence-corrected chi connectivity index (χ3v) is 7.74. The molecule has 0 aliphatic rings. The van der Waals surface area contributed by atoms with E-state index in [0.29, 0.717) is 6.61 Å². The molecule has 0 radical (unpaired) electrons. The molecule has 5 aromatic rings. The average molecular weight is 1030 g/mol. The summed E-state index contributed by atoms with van der Waals surface area (Å²) in [6, 6.07) is 15.4. The van der Waals surface area contributed by atoms with E-state index in [4.69, 9.17) is 92.1 Å². The Morgan fingerprint density at radius 1 is 0.689 bits per heavy atom. The molecule has 0 bridgehead atoms. The Hall–Kier alpha value is -11.0. The van der Waals surface area contributed by atoms with Crippen molar-refractivity contribution in [3.8, 4) is 11.8 Å². The van der Waals surface area contributed by atoms with Crippen LogP contribution in [0.1, 0.15) is 95.4 Å². The summed E-state index contributed by atoms with van der Waals surface area (Å²) in [5.41, 5.74) is 12.3. The Morgan fingerprint density at radius 3 is 1.28 bits per heavy atom. The van der Waals surface area contributed by atoms with Crippen LogP contribution in [0.25, 0.3) is 20.4 Å². The first-order chi connectivity index (χ1) is 34.3. The predicted octanol–water partition coefficient (Wildman–Crippen LogP) is 2.24. The molecule has 1 aromatic heterocycles. The fourth-order valence-electron chi connectivity index (χ4n) is 4.64. The van der Waals surface area contributed by atoms with Gasteiger partial charge in [-0.2, -0.15) is 20.1 Å². The number of anilines is 3. The maximum Gasteiger partial charge on any atom is 1.00 e. The van der Waals surface area contributed by atoms with Gasteiger partial charge in [0.1, 0.15) is 30.6 Å².